The van der Waals surface area contributed by atoms with Crippen LogP contribution in [0.3, 0.4) is 0 Å². The first-order valence-corrected chi connectivity index (χ1v) is 13.5. The summed E-state index contributed by atoms with van der Waals surface area (Å²) in [5.41, 5.74) is -1.57. The van der Waals surface area contributed by atoms with E-state index in [1.165, 1.54) is 6.07 Å². The van der Waals surface area contributed by atoms with Gasteiger partial charge in [0.2, 0.25) is 17.6 Å². The minimum absolute atomic E-state index is 0.0763. The van der Waals surface area contributed by atoms with Gasteiger partial charge in [0.1, 0.15) is 29.7 Å². The van der Waals surface area contributed by atoms with E-state index in [4.69, 9.17) is 4.42 Å². The van der Waals surface area contributed by atoms with Crippen LogP contribution in [0, 0.1) is 17.6 Å². The molecule has 2 N–H and O–H groups in total. The Hall–Kier alpha value is -5.27. The van der Waals surface area contributed by atoms with Crippen molar-refractivity contribution in [1.82, 2.24) is 25.1 Å². The number of ether oxygens (including phenoxy) is 1. The summed E-state index contributed by atoms with van der Waals surface area (Å²) in [6.07, 6.45) is 0.255. The molecule has 1 atom stereocenters. The number of hydrogen-bond acceptors (Lipinski definition) is 9. The first-order valence-electron chi connectivity index (χ1n) is 13.5. The quantitative estimate of drug-likeness (QED) is 0.253. The van der Waals surface area contributed by atoms with Crippen LogP contribution >= 0.6 is 0 Å². The molecule has 0 aliphatic heterocycles. The normalized spacial score (nSPS) is 12.1. The molecule has 2 aromatic heterocycles. The lowest BCUT2D eigenvalue weighted by atomic mass is 9.84. The average Bonchev–Trinajstić information content (AvgIpc) is 3.49. The largest absolute Gasteiger partial charge is 0.453 e. The Morgan fingerprint density at radius 1 is 1.07 bits per heavy atom. The number of rotatable bonds is 10. The molecule has 14 heteroatoms. The summed E-state index contributed by atoms with van der Waals surface area (Å²) >= 11 is 0. The summed E-state index contributed by atoms with van der Waals surface area (Å²) in [7, 11) is 1.13. The second-order valence-corrected chi connectivity index (χ2v) is 10.7. The number of amides is 2. The van der Waals surface area contributed by atoms with Crippen LogP contribution in [0.5, 0.6) is 0 Å². The van der Waals surface area contributed by atoms with E-state index < -0.39 is 64.8 Å². The Morgan fingerprint density at radius 2 is 1.77 bits per heavy atom. The molecule has 0 saturated carbocycles. The van der Waals surface area contributed by atoms with Gasteiger partial charge in [-0.1, -0.05) is 50.2 Å². The first-order chi connectivity index (χ1) is 20.8. The van der Waals surface area contributed by atoms with Gasteiger partial charge in [-0.15, -0.1) is 10.2 Å². The van der Waals surface area contributed by atoms with E-state index in [-0.39, 0.29) is 23.0 Å². The molecular weight excluding hydrogens is 578 g/mol. The molecule has 230 valence electrons. The van der Waals surface area contributed by atoms with Crippen molar-refractivity contribution in [3.8, 4) is 11.4 Å². The summed E-state index contributed by atoms with van der Waals surface area (Å²) in [5, 5.41) is 12.6. The maximum absolute atomic E-state index is 14.5. The van der Waals surface area contributed by atoms with Crippen LogP contribution in [0.2, 0.25) is 0 Å². The highest BCUT2D eigenvalue weighted by atomic mass is 19.1. The zero-order valence-corrected chi connectivity index (χ0v) is 24.6. The predicted octanol–water partition coefficient (Wildman–Crippen LogP) is 4.10. The minimum atomic E-state index is -1.22. The fourth-order valence-corrected chi connectivity index (χ4v) is 4.42. The summed E-state index contributed by atoms with van der Waals surface area (Å²) in [6.45, 7) is 5.96. The van der Waals surface area contributed by atoms with Gasteiger partial charge >= 0.3 is 6.09 Å². The second-order valence-electron chi connectivity index (χ2n) is 10.7. The monoisotopic (exact) mass is 608 g/mol. The molecule has 4 aromatic rings. The SMILES string of the molecule is COC(=O)Nc1cnc(-c2ccccc2)n(CC(=O)N[C@@H](C(=O)c2nnc(C(C)(C)c3ccc(F)cc3F)o2)C(C)C)c1=O. The van der Waals surface area contributed by atoms with Crippen molar-refractivity contribution in [2.45, 2.75) is 45.7 Å². The molecular formula is C30H30F2N6O6. The Morgan fingerprint density at radius 3 is 2.41 bits per heavy atom. The number of benzene rings is 2. The number of aromatic nitrogens is 4. The van der Waals surface area contributed by atoms with E-state index in [0.717, 1.165) is 30.0 Å². The maximum atomic E-state index is 14.5. The molecule has 0 radical (unpaired) electrons. The minimum Gasteiger partial charge on any atom is -0.453 e. The van der Waals surface area contributed by atoms with Crippen molar-refractivity contribution in [3.63, 3.8) is 0 Å². The van der Waals surface area contributed by atoms with E-state index in [2.05, 4.69) is 30.6 Å². The number of nitrogens with one attached hydrogen (secondary N) is 2. The third kappa shape index (κ3) is 6.69. The number of hydrogen-bond donors (Lipinski definition) is 2. The molecule has 0 aliphatic carbocycles. The van der Waals surface area contributed by atoms with Gasteiger partial charge in [0.25, 0.3) is 11.4 Å². The van der Waals surface area contributed by atoms with Crippen LogP contribution in [0.25, 0.3) is 11.4 Å². The van der Waals surface area contributed by atoms with Gasteiger partial charge in [-0.2, -0.15) is 0 Å². The molecule has 12 nitrogen and oxygen atoms in total. The zero-order chi connectivity index (χ0) is 32.2. The lowest BCUT2D eigenvalue weighted by Crippen LogP contribution is -2.46. The van der Waals surface area contributed by atoms with Crippen molar-refractivity contribution in [1.29, 1.82) is 0 Å². The first kappa shape index (κ1) is 31.7. The van der Waals surface area contributed by atoms with Gasteiger partial charge in [-0.05, 0) is 25.8 Å². The highest BCUT2D eigenvalue weighted by Crippen LogP contribution is 2.33. The standard InChI is InChI=1S/C30H30F2N6O6/c1-16(2)23(24(40)26-36-37-28(44-26)30(3,4)19-12-11-18(31)13-20(19)32)35-22(39)15-38-25(17-9-7-6-8-10-17)33-14-21(27(38)41)34-29(42)43-5/h6-14,16,23H,15H2,1-5H3,(H,34,42)(H,35,39)/t23-/m1/s1. The molecule has 4 rings (SSSR count). The molecule has 2 amide bonds. The Kier molecular flexibility index (Phi) is 9.31. The van der Waals surface area contributed by atoms with Crippen molar-refractivity contribution >= 4 is 23.5 Å². The number of ketones is 1. The van der Waals surface area contributed by atoms with Gasteiger partial charge in [0.05, 0.1) is 24.8 Å². The fourth-order valence-electron chi connectivity index (χ4n) is 4.42. The maximum Gasteiger partial charge on any atom is 0.411 e. The van der Waals surface area contributed by atoms with Crippen molar-refractivity contribution in [2.75, 3.05) is 12.4 Å². The fraction of sp³-hybridized carbons (Fsp3) is 0.300. The topological polar surface area (TPSA) is 158 Å². The number of carbonyl (C=O) groups is 3. The number of Topliss-reactive ketones (excluding diaryl/α,β-unsaturated/α-hetero) is 1. The molecule has 0 fully saturated rings. The second kappa shape index (κ2) is 12.9. The molecule has 0 unspecified atom stereocenters. The Labute approximate surface area is 250 Å². The molecule has 0 aliphatic rings. The summed E-state index contributed by atoms with van der Waals surface area (Å²) in [4.78, 5) is 56.1. The summed E-state index contributed by atoms with van der Waals surface area (Å²) in [6, 6.07) is 10.5. The van der Waals surface area contributed by atoms with Gasteiger partial charge in [0, 0.05) is 17.2 Å². The lowest BCUT2D eigenvalue weighted by Gasteiger charge is -2.22. The van der Waals surface area contributed by atoms with E-state index in [1.54, 1.807) is 58.0 Å². The smallest absolute Gasteiger partial charge is 0.411 e. The van der Waals surface area contributed by atoms with Crippen LogP contribution < -0.4 is 16.2 Å². The Bertz CT molecular complexity index is 1750. The van der Waals surface area contributed by atoms with Gasteiger partial charge in [-0.25, -0.2) is 18.6 Å². The van der Waals surface area contributed by atoms with Crippen molar-refractivity contribution in [2.24, 2.45) is 5.92 Å². The van der Waals surface area contributed by atoms with E-state index in [1.807, 2.05) is 0 Å². The average molecular weight is 609 g/mol. The number of anilines is 1. The number of nitrogens with zero attached hydrogens (tertiary/aromatic N) is 4. The van der Waals surface area contributed by atoms with Gasteiger partial charge in [-0.3, -0.25) is 24.3 Å². The molecule has 2 aromatic carbocycles. The third-order valence-electron chi connectivity index (χ3n) is 6.84. The molecule has 0 bridgehead atoms. The van der Waals surface area contributed by atoms with Crippen molar-refractivity contribution in [3.05, 3.63) is 94.1 Å². The molecule has 0 spiro atoms. The number of carbonyl (C=O) groups excluding carboxylic acids is 3. The highest BCUT2D eigenvalue weighted by Gasteiger charge is 2.35. The van der Waals surface area contributed by atoms with Crippen molar-refractivity contribution < 1.29 is 32.3 Å². The molecule has 0 saturated heterocycles. The van der Waals surface area contributed by atoms with Crippen LogP contribution in [-0.4, -0.2) is 50.7 Å². The van der Waals surface area contributed by atoms with Crippen LogP contribution in [0.4, 0.5) is 19.3 Å². The van der Waals surface area contributed by atoms with Crippen LogP contribution in [0.1, 0.15) is 49.8 Å². The van der Waals surface area contributed by atoms with Gasteiger partial charge < -0.3 is 14.5 Å². The lowest BCUT2D eigenvalue weighted by molar-refractivity contribution is -0.122. The number of halogens is 2. The van der Waals surface area contributed by atoms with E-state index >= 15 is 0 Å². The highest BCUT2D eigenvalue weighted by molar-refractivity contribution is 5.98. The van der Waals surface area contributed by atoms with Gasteiger partial charge in [0.15, 0.2) is 0 Å². The Balaban J connectivity index is 1.60. The molecule has 44 heavy (non-hydrogen) atoms. The summed E-state index contributed by atoms with van der Waals surface area (Å²) in [5.74, 6) is -3.84. The van der Waals surface area contributed by atoms with E-state index in [0.29, 0.717) is 5.56 Å². The summed E-state index contributed by atoms with van der Waals surface area (Å²) < 4.78 is 39.2. The predicted molar refractivity (Wildman–Crippen MR) is 154 cm³/mol. The van der Waals surface area contributed by atoms with E-state index in [9.17, 15) is 28.0 Å². The number of methoxy groups -OCH3 is 1. The van der Waals surface area contributed by atoms with Crippen LogP contribution in [0.15, 0.2) is 63.9 Å². The molecule has 2 heterocycles. The third-order valence-corrected chi connectivity index (χ3v) is 6.84. The van der Waals surface area contributed by atoms with Crippen LogP contribution in [-0.2, 0) is 21.5 Å². The zero-order valence-electron chi connectivity index (χ0n) is 24.6.